The third-order valence-corrected chi connectivity index (χ3v) is 2.34. The van der Waals surface area contributed by atoms with Crippen molar-refractivity contribution in [3.8, 4) is 0 Å². The number of allylic oxidation sites excluding steroid dienone is 1. The Labute approximate surface area is 94.8 Å². The van der Waals surface area contributed by atoms with Crippen molar-refractivity contribution < 1.29 is 9.59 Å². The van der Waals surface area contributed by atoms with Crippen molar-refractivity contribution in [2.75, 3.05) is 0 Å². The summed E-state index contributed by atoms with van der Waals surface area (Å²) in [7, 11) is 0. The summed E-state index contributed by atoms with van der Waals surface area (Å²) in [6.07, 6.45) is 6.13. The summed E-state index contributed by atoms with van der Waals surface area (Å²) in [5, 5.41) is 0. The molecule has 0 saturated carbocycles. The molecular weight excluding hydrogens is 204 g/mol. The molecule has 16 heavy (non-hydrogen) atoms. The molecule has 0 aliphatic carbocycles. The van der Waals surface area contributed by atoms with Gasteiger partial charge in [-0.1, -0.05) is 6.92 Å². The van der Waals surface area contributed by atoms with Crippen LogP contribution in [0.1, 0.15) is 38.9 Å². The molecule has 0 aliphatic heterocycles. The van der Waals surface area contributed by atoms with Gasteiger partial charge in [0.05, 0.1) is 0 Å². The number of H-pyrrole nitrogens is 1. The van der Waals surface area contributed by atoms with Crippen LogP contribution in [-0.4, -0.2) is 21.5 Å². The van der Waals surface area contributed by atoms with Crippen LogP contribution in [0.25, 0.3) is 6.08 Å². The third kappa shape index (κ3) is 3.81. The number of ketones is 2. The smallest absolute Gasteiger partial charge is 0.159 e. The van der Waals surface area contributed by atoms with E-state index in [4.69, 9.17) is 0 Å². The molecule has 0 radical (unpaired) electrons. The van der Waals surface area contributed by atoms with Gasteiger partial charge in [-0.05, 0) is 18.6 Å². The van der Waals surface area contributed by atoms with E-state index in [-0.39, 0.29) is 18.0 Å². The van der Waals surface area contributed by atoms with Crippen LogP contribution in [0.5, 0.6) is 0 Å². The van der Waals surface area contributed by atoms with Crippen molar-refractivity contribution in [2.24, 2.45) is 0 Å². The van der Waals surface area contributed by atoms with Gasteiger partial charge < -0.3 is 4.98 Å². The van der Waals surface area contributed by atoms with Gasteiger partial charge in [0, 0.05) is 31.7 Å². The molecule has 1 heterocycles. The Morgan fingerprint density at radius 3 is 2.75 bits per heavy atom. The zero-order chi connectivity index (χ0) is 12.0. The number of nitrogens with zero attached hydrogens (tertiary/aromatic N) is 1. The number of carbonyl (C=O) groups is 2. The van der Waals surface area contributed by atoms with Crippen molar-refractivity contribution in [1.29, 1.82) is 0 Å². The summed E-state index contributed by atoms with van der Waals surface area (Å²) >= 11 is 0. The summed E-state index contributed by atoms with van der Waals surface area (Å²) in [5.41, 5.74) is 0.624. The van der Waals surface area contributed by atoms with E-state index in [9.17, 15) is 9.59 Å². The summed E-state index contributed by atoms with van der Waals surface area (Å²) in [6.45, 7) is 3.54. The fourth-order valence-corrected chi connectivity index (χ4v) is 1.27. The van der Waals surface area contributed by atoms with Gasteiger partial charge in [0.1, 0.15) is 11.6 Å². The van der Waals surface area contributed by atoms with Gasteiger partial charge in [0.2, 0.25) is 0 Å². The Hall–Kier alpha value is -1.71. The first-order valence-electron chi connectivity index (χ1n) is 5.36. The molecule has 0 fully saturated rings. The number of carbonyl (C=O) groups excluding carboxylic acids is 2. The van der Waals surface area contributed by atoms with Crippen LogP contribution in [0, 0.1) is 0 Å². The average molecular weight is 220 g/mol. The van der Waals surface area contributed by atoms with Crippen molar-refractivity contribution >= 4 is 17.6 Å². The Kier molecular flexibility index (Phi) is 4.64. The summed E-state index contributed by atoms with van der Waals surface area (Å²) in [5.74, 6) is 0.782. The number of aromatic nitrogens is 2. The zero-order valence-corrected chi connectivity index (χ0v) is 9.62. The highest BCUT2D eigenvalue weighted by molar-refractivity contribution is 6.00. The van der Waals surface area contributed by atoms with Gasteiger partial charge in [-0.15, -0.1) is 0 Å². The molecule has 0 bridgehead atoms. The fourth-order valence-electron chi connectivity index (χ4n) is 1.27. The number of rotatable bonds is 6. The lowest BCUT2D eigenvalue weighted by Gasteiger charge is -1.99. The van der Waals surface area contributed by atoms with Crippen LogP contribution in [0.4, 0.5) is 0 Å². The SMILES string of the molecule is CCC(=O)CCC(=O)/C(C)=C/c1ncc[nH]1. The number of hydrogen-bond acceptors (Lipinski definition) is 3. The van der Waals surface area contributed by atoms with E-state index in [1.54, 1.807) is 32.3 Å². The second kappa shape index (κ2) is 6.00. The van der Waals surface area contributed by atoms with Crippen LogP contribution in [0.2, 0.25) is 0 Å². The highest BCUT2D eigenvalue weighted by Crippen LogP contribution is 2.07. The molecular formula is C12H16N2O2. The Morgan fingerprint density at radius 1 is 1.44 bits per heavy atom. The van der Waals surface area contributed by atoms with Crippen molar-refractivity contribution in [2.45, 2.75) is 33.1 Å². The molecule has 4 heteroatoms. The summed E-state index contributed by atoms with van der Waals surface area (Å²) in [4.78, 5) is 29.6. The van der Waals surface area contributed by atoms with E-state index in [1.807, 2.05) is 0 Å². The van der Waals surface area contributed by atoms with E-state index in [0.717, 1.165) is 0 Å². The summed E-state index contributed by atoms with van der Waals surface area (Å²) < 4.78 is 0. The average Bonchev–Trinajstić information content (AvgIpc) is 2.77. The first kappa shape index (κ1) is 12.4. The molecule has 1 rings (SSSR count). The highest BCUT2D eigenvalue weighted by Gasteiger charge is 2.07. The number of aromatic amines is 1. The fraction of sp³-hybridized carbons (Fsp3) is 0.417. The van der Waals surface area contributed by atoms with Crippen molar-refractivity contribution in [3.63, 3.8) is 0 Å². The molecule has 0 atom stereocenters. The second-order valence-corrected chi connectivity index (χ2v) is 3.62. The maximum Gasteiger partial charge on any atom is 0.159 e. The maximum atomic E-state index is 11.6. The normalized spacial score (nSPS) is 11.5. The van der Waals surface area contributed by atoms with Crippen LogP contribution in [0.15, 0.2) is 18.0 Å². The standard InChI is InChI=1S/C12H16N2O2/c1-3-10(15)4-5-11(16)9(2)8-12-13-6-7-14-12/h6-8H,3-5H2,1-2H3,(H,13,14)/b9-8+. The monoisotopic (exact) mass is 220 g/mol. The van der Waals surface area contributed by atoms with Crippen molar-refractivity contribution in [1.82, 2.24) is 9.97 Å². The van der Waals surface area contributed by atoms with Crippen LogP contribution < -0.4 is 0 Å². The van der Waals surface area contributed by atoms with E-state index in [0.29, 0.717) is 24.2 Å². The van der Waals surface area contributed by atoms with Crippen LogP contribution in [0.3, 0.4) is 0 Å². The molecule has 0 aliphatic rings. The predicted octanol–water partition coefficient (Wildman–Crippen LogP) is 2.14. The molecule has 4 nitrogen and oxygen atoms in total. The largest absolute Gasteiger partial charge is 0.345 e. The zero-order valence-electron chi connectivity index (χ0n) is 9.62. The number of Topliss-reactive ketones (excluding diaryl/α,β-unsaturated/α-hetero) is 2. The first-order chi connectivity index (χ1) is 7.63. The maximum absolute atomic E-state index is 11.6. The topological polar surface area (TPSA) is 62.8 Å². The van der Waals surface area contributed by atoms with E-state index < -0.39 is 0 Å². The minimum Gasteiger partial charge on any atom is -0.345 e. The molecule has 1 N–H and O–H groups in total. The van der Waals surface area contributed by atoms with Crippen LogP contribution >= 0.6 is 0 Å². The Morgan fingerprint density at radius 2 is 2.19 bits per heavy atom. The van der Waals surface area contributed by atoms with Gasteiger partial charge in [-0.25, -0.2) is 4.98 Å². The molecule has 0 unspecified atom stereocenters. The van der Waals surface area contributed by atoms with E-state index in [1.165, 1.54) is 0 Å². The van der Waals surface area contributed by atoms with E-state index in [2.05, 4.69) is 9.97 Å². The molecule has 1 aromatic heterocycles. The lowest BCUT2D eigenvalue weighted by Crippen LogP contribution is -2.04. The van der Waals surface area contributed by atoms with Gasteiger partial charge in [-0.3, -0.25) is 9.59 Å². The van der Waals surface area contributed by atoms with Gasteiger partial charge in [-0.2, -0.15) is 0 Å². The highest BCUT2D eigenvalue weighted by atomic mass is 16.1. The number of nitrogens with one attached hydrogen (secondary N) is 1. The van der Waals surface area contributed by atoms with Gasteiger partial charge in [0.25, 0.3) is 0 Å². The van der Waals surface area contributed by atoms with Crippen LogP contribution in [-0.2, 0) is 9.59 Å². The molecule has 0 saturated heterocycles. The third-order valence-electron chi connectivity index (χ3n) is 2.34. The Balaban J connectivity index is 2.51. The Bertz CT molecular complexity index is 391. The lowest BCUT2D eigenvalue weighted by molar-refractivity contribution is -0.122. The molecule has 0 spiro atoms. The second-order valence-electron chi connectivity index (χ2n) is 3.62. The number of hydrogen-bond donors (Lipinski definition) is 1. The minimum absolute atomic E-state index is 0.00167. The lowest BCUT2D eigenvalue weighted by atomic mass is 10.1. The summed E-state index contributed by atoms with van der Waals surface area (Å²) in [6, 6.07) is 0. The molecule has 0 amide bonds. The minimum atomic E-state index is -0.00167. The molecule has 0 aromatic carbocycles. The van der Waals surface area contributed by atoms with Gasteiger partial charge >= 0.3 is 0 Å². The molecule has 86 valence electrons. The van der Waals surface area contributed by atoms with Gasteiger partial charge in [0.15, 0.2) is 5.78 Å². The quantitative estimate of drug-likeness (QED) is 0.747. The van der Waals surface area contributed by atoms with Crippen molar-refractivity contribution in [3.05, 3.63) is 23.8 Å². The first-order valence-corrected chi connectivity index (χ1v) is 5.36. The molecule has 1 aromatic rings. The number of imidazole rings is 1. The van der Waals surface area contributed by atoms with E-state index >= 15 is 0 Å². The predicted molar refractivity (Wildman–Crippen MR) is 61.8 cm³/mol.